The number of para-hydroxylation sites is 1. The Morgan fingerprint density at radius 1 is 1.12 bits per heavy atom. The molecule has 0 atom stereocenters. The molecule has 25 heavy (non-hydrogen) atoms. The fourth-order valence-corrected chi connectivity index (χ4v) is 3.34. The predicted octanol–water partition coefficient (Wildman–Crippen LogP) is 5.16. The molecule has 6 heteroatoms. The van der Waals surface area contributed by atoms with Crippen molar-refractivity contribution in [3.8, 4) is 0 Å². The Bertz CT molecular complexity index is 798. The van der Waals surface area contributed by atoms with Gasteiger partial charge >= 0.3 is 6.18 Å². The summed E-state index contributed by atoms with van der Waals surface area (Å²) in [6.45, 7) is 3.76. The summed E-state index contributed by atoms with van der Waals surface area (Å²) in [6.07, 6.45) is -3.90. The second kappa shape index (κ2) is 6.02. The predicted molar refractivity (Wildman–Crippen MR) is 88.4 cm³/mol. The van der Waals surface area contributed by atoms with E-state index in [0.717, 1.165) is 6.07 Å². The van der Waals surface area contributed by atoms with E-state index in [1.165, 1.54) is 24.3 Å². The Kier molecular flexibility index (Phi) is 4.27. The minimum atomic E-state index is -4.48. The zero-order valence-corrected chi connectivity index (χ0v) is 14.0. The molecule has 0 amide bonds. The van der Waals surface area contributed by atoms with E-state index >= 15 is 0 Å². The third kappa shape index (κ3) is 3.11. The highest BCUT2D eigenvalue weighted by Crippen LogP contribution is 2.46. The van der Waals surface area contributed by atoms with Gasteiger partial charge in [0.1, 0.15) is 5.82 Å². The van der Waals surface area contributed by atoms with Gasteiger partial charge in [0.15, 0.2) is 0 Å². The van der Waals surface area contributed by atoms with E-state index in [4.69, 9.17) is 0 Å². The highest BCUT2D eigenvalue weighted by molar-refractivity contribution is 5.73. The molecule has 0 fully saturated rings. The zero-order chi connectivity index (χ0) is 18.4. The monoisotopic (exact) mass is 353 g/mol. The van der Waals surface area contributed by atoms with Crippen LogP contribution in [0.2, 0.25) is 0 Å². The lowest BCUT2D eigenvalue weighted by Gasteiger charge is -2.41. The van der Waals surface area contributed by atoms with Gasteiger partial charge in [0.25, 0.3) is 0 Å². The second-order valence-corrected chi connectivity index (χ2v) is 6.92. The first-order valence-electron chi connectivity index (χ1n) is 8.02. The number of aliphatic hydroxyl groups excluding tert-OH is 1. The van der Waals surface area contributed by atoms with Crippen LogP contribution in [0, 0.1) is 5.82 Å². The zero-order valence-electron chi connectivity index (χ0n) is 14.0. The van der Waals surface area contributed by atoms with E-state index in [-0.39, 0.29) is 16.7 Å². The van der Waals surface area contributed by atoms with Gasteiger partial charge in [-0.2, -0.15) is 13.2 Å². The third-order valence-corrected chi connectivity index (χ3v) is 4.82. The van der Waals surface area contributed by atoms with Crippen molar-refractivity contribution in [3.05, 3.63) is 58.9 Å². The molecule has 0 spiro atoms. The summed E-state index contributed by atoms with van der Waals surface area (Å²) in [4.78, 5) is 1.57. The molecular formula is C19H19F4NO. The topological polar surface area (TPSA) is 23.5 Å². The molecule has 0 aliphatic carbocycles. The molecule has 0 unspecified atom stereocenters. The molecule has 134 valence electrons. The Labute approximate surface area is 143 Å². The van der Waals surface area contributed by atoms with Crippen LogP contribution in [-0.4, -0.2) is 11.7 Å². The summed E-state index contributed by atoms with van der Waals surface area (Å²) in [7, 11) is 0. The van der Waals surface area contributed by atoms with Crippen molar-refractivity contribution in [2.45, 2.75) is 38.5 Å². The van der Waals surface area contributed by atoms with Gasteiger partial charge in [-0.1, -0.05) is 26.0 Å². The van der Waals surface area contributed by atoms with Crippen LogP contribution in [0.25, 0.3) is 0 Å². The molecule has 1 aliphatic heterocycles. The van der Waals surface area contributed by atoms with E-state index in [1.807, 2.05) is 13.8 Å². The number of hydrogen-bond acceptors (Lipinski definition) is 2. The smallest absolute Gasteiger partial charge is 0.392 e. The molecule has 0 bridgehead atoms. The Morgan fingerprint density at radius 2 is 1.80 bits per heavy atom. The summed E-state index contributed by atoms with van der Waals surface area (Å²) in [5, 5.41) is 9.35. The second-order valence-electron chi connectivity index (χ2n) is 6.92. The molecule has 1 N–H and O–H groups in total. The summed E-state index contributed by atoms with van der Waals surface area (Å²) >= 11 is 0. The average molecular weight is 353 g/mol. The molecule has 2 aromatic carbocycles. The average Bonchev–Trinajstić information content (AvgIpc) is 2.54. The minimum absolute atomic E-state index is 0.0437. The van der Waals surface area contributed by atoms with Gasteiger partial charge in [-0.05, 0) is 41.7 Å². The Hall–Kier alpha value is -2.08. The summed E-state index contributed by atoms with van der Waals surface area (Å²) in [6, 6.07) is 8.17. The minimum Gasteiger partial charge on any atom is -0.392 e. The lowest BCUT2D eigenvalue weighted by Crippen LogP contribution is -2.35. The van der Waals surface area contributed by atoms with Crippen molar-refractivity contribution in [1.29, 1.82) is 0 Å². The van der Waals surface area contributed by atoms with Crippen LogP contribution in [0.4, 0.5) is 28.9 Å². The summed E-state index contributed by atoms with van der Waals surface area (Å²) in [5.41, 5.74) is 0.181. The van der Waals surface area contributed by atoms with Crippen molar-refractivity contribution < 1.29 is 22.7 Å². The van der Waals surface area contributed by atoms with Crippen LogP contribution in [-0.2, 0) is 18.2 Å². The number of benzene rings is 2. The lowest BCUT2D eigenvalue weighted by molar-refractivity contribution is -0.137. The van der Waals surface area contributed by atoms with Crippen LogP contribution in [0.15, 0.2) is 36.4 Å². The standard InChI is InChI=1S/C19H19F4NO/c1-18(2)7-8-24(16-6-4-3-5-13(16)19(21,22)23)17-9-12(11-25)15(20)10-14(17)18/h3-6,9-10,25H,7-8,11H2,1-2H3. The number of rotatable bonds is 2. The van der Waals surface area contributed by atoms with Crippen LogP contribution in [0.3, 0.4) is 0 Å². The van der Waals surface area contributed by atoms with E-state index < -0.39 is 24.2 Å². The van der Waals surface area contributed by atoms with Crippen molar-refractivity contribution in [3.63, 3.8) is 0 Å². The van der Waals surface area contributed by atoms with E-state index in [2.05, 4.69) is 0 Å². The fraction of sp³-hybridized carbons (Fsp3) is 0.368. The molecule has 2 aromatic rings. The number of anilines is 2. The van der Waals surface area contributed by atoms with Gasteiger partial charge in [-0.15, -0.1) is 0 Å². The molecule has 0 saturated carbocycles. The molecule has 1 aliphatic rings. The number of aliphatic hydroxyl groups is 1. The number of hydrogen-bond donors (Lipinski definition) is 1. The van der Waals surface area contributed by atoms with Gasteiger partial charge < -0.3 is 10.0 Å². The highest BCUT2D eigenvalue weighted by Gasteiger charge is 2.38. The molecule has 2 nitrogen and oxygen atoms in total. The van der Waals surface area contributed by atoms with Crippen molar-refractivity contribution in [1.82, 2.24) is 0 Å². The van der Waals surface area contributed by atoms with Gasteiger partial charge in [0.2, 0.25) is 0 Å². The van der Waals surface area contributed by atoms with E-state index in [1.54, 1.807) is 11.0 Å². The summed E-state index contributed by atoms with van der Waals surface area (Å²) in [5.74, 6) is -0.541. The van der Waals surface area contributed by atoms with Gasteiger partial charge in [0, 0.05) is 17.8 Å². The van der Waals surface area contributed by atoms with Crippen LogP contribution in [0.1, 0.15) is 37.0 Å². The normalized spacial score (nSPS) is 16.7. The van der Waals surface area contributed by atoms with Crippen LogP contribution < -0.4 is 4.90 Å². The lowest BCUT2D eigenvalue weighted by atomic mass is 9.77. The molecule has 1 heterocycles. The maximum Gasteiger partial charge on any atom is 0.418 e. The molecule has 3 rings (SSSR count). The van der Waals surface area contributed by atoms with Crippen molar-refractivity contribution in [2.75, 3.05) is 11.4 Å². The van der Waals surface area contributed by atoms with Gasteiger partial charge in [-0.3, -0.25) is 0 Å². The molecule has 0 saturated heterocycles. The first-order valence-corrected chi connectivity index (χ1v) is 8.02. The summed E-state index contributed by atoms with van der Waals surface area (Å²) < 4.78 is 54.4. The fourth-order valence-electron chi connectivity index (χ4n) is 3.34. The number of halogens is 4. The third-order valence-electron chi connectivity index (χ3n) is 4.82. The van der Waals surface area contributed by atoms with E-state index in [9.17, 15) is 22.7 Å². The molecule has 0 aromatic heterocycles. The largest absolute Gasteiger partial charge is 0.418 e. The number of nitrogens with zero attached hydrogens (tertiary/aromatic N) is 1. The first kappa shape index (κ1) is 17.7. The Morgan fingerprint density at radius 3 is 2.44 bits per heavy atom. The number of fused-ring (bicyclic) bond motifs is 1. The first-order chi connectivity index (χ1) is 11.6. The maximum atomic E-state index is 14.2. The van der Waals surface area contributed by atoms with Gasteiger partial charge in [0.05, 0.1) is 17.9 Å². The van der Waals surface area contributed by atoms with Crippen LogP contribution >= 0.6 is 0 Å². The quantitative estimate of drug-likeness (QED) is 0.754. The molecule has 0 radical (unpaired) electrons. The van der Waals surface area contributed by atoms with Gasteiger partial charge in [-0.25, -0.2) is 4.39 Å². The van der Waals surface area contributed by atoms with Crippen molar-refractivity contribution in [2.24, 2.45) is 0 Å². The number of alkyl halides is 3. The SMILES string of the molecule is CC1(C)CCN(c2ccccc2C(F)(F)F)c2cc(CO)c(F)cc21. The highest BCUT2D eigenvalue weighted by atomic mass is 19.4. The maximum absolute atomic E-state index is 14.2. The van der Waals surface area contributed by atoms with Crippen LogP contribution in [0.5, 0.6) is 0 Å². The van der Waals surface area contributed by atoms with Crippen molar-refractivity contribution >= 4 is 11.4 Å². The van der Waals surface area contributed by atoms with E-state index in [0.29, 0.717) is 24.2 Å². The molecular weight excluding hydrogens is 334 g/mol. The Balaban J connectivity index is 2.22.